The largest absolute Gasteiger partial charge is 0.462 e. The molecule has 1 saturated heterocycles. The molecule has 0 aliphatic carbocycles. The van der Waals surface area contributed by atoms with Crippen molar-refractivity contribution < 1.29 is 14.3 Å². The van der Waals surface area contributed by atoms with Gasteiger partial charge in [0.05, 0.1) is 17.9 Å². The molecule has 3 aromatic rings. The second-order valence-corrected chi connectivity index (χ2v) is 8.65. The Morgan fingerprint density at radius 1 is 0.971 bits per heavy atom. The monoisotopic (exact) mass is 477 g/mol. The maximum Gasteiger partial charge on any atom is 0.338 e. The summed E-state index contributed by atoms with van der Waals surface area (Å²) in [5.74, 6) is 0.570. The molecule has 0 spiro atoms. The number of benzene rings is 2. The first-order valence-corrected chi connectivity index (χ1v) is 12.2. The van der Waals surface area contributed by atoms with E-state index < -0.39 is 0 Å². The van der Waals surface area contributed by atoms with Gasteiger partial charge < -0.3 is 19.9 Å². The topological polar surface area (TPSA) is 87.7 Å². The molecule has 9 heteroatoms. The molecule has 1 amide bonds. The van der Waals surface area contributed by atoms with Gasteiger partial charge in [-0.3, -0.25) is 4.79 Å². The van der Waals surface area contributed by atoms with Gasteiger partial charge in [-0.2, -0.15) is 0 Å². The summed E-state index contributed by atoms with van der Waals surface area (Å²) in [6.07, 6.45) is 1.55. The third-order valence-corrected chi connectivity index (χ3v) is 6.31. The SMILES string of the molecule is CCOC(=O)c1ccc(NC(=O)CSc2cc(N3CCN(c4ccccc4)CC3)ncn2)cc1. The van der Waals surface area contributed by atoms with Gasteiger partial charge in [-0.1, -0.05) is 30.0 Å². The van der Waals surface area contributed by atoms with Gasteiger partial charge in [-0.15, -0.1) is 0 Å². The van der Waals surface area contributed by atoms with E-state index in [2.05, 4.69) is 49.4 Å². The molecule has 0 radical (unpaired) electrons. The molecule has 34 heavy (non-hydrogen) atoms. The number of hydrogen-bond donors (Lipinski definition) is 1. The van der Waals surface area contributed by atoms with Gasteiger partial charge in [-0.05, 0) is 43.3 Å². The van der Waals surface area contributed by atoms with E-state index in [9.17, 15) is 9.59 Å². The van der Waals surface area contributed by atoms with Gasteiger partial charge >= 0.3 is 5.97 Å². The summed E-state index contributed by atoms with van der Waals surface area (Å²) in [4.78, 5) is 37.5. The third-order valence-electron chi connectivity index (χ3n) is 5.38. The second-order valence-electron chi connectivity index (χ2n) is 7.66. The van der Waals surface area contributed by atoms with E-state index in [4.69, 9.17) is 4.74 Å². The lowest BCUT2D eigenvalue weighted by Crippen LogP contribution is -2.46. The maximum atomic E-state index is 12.4. The number of para-hydroxylation sites is 1. The number of amides is 1. The number of carbonyl (C=O) groups excluding carboxylic acids is 2. The van der Waals surface area contributed by atoms with Crippen LogP contribution in [-0.4, -0.2) is 60.4 Å². The molecular weight excluding hydrogens is 450 g/mol. The fourth-order valence-corrected chi connectivity index (χ4v) is 4.32. The highest BCUT2D eigenvalue weighted by Gasteiger charge is 2.19. The van der Waals surface area contributed by atoms with Crippen LogP contribution < -0.4 is 15.1 Å². The highest BCUT2D eigenvalue weighted by molar-refractivity contribution is 7.99. The third kappa shape index (κ3) is 6.26. The van der Waals surface area contributed by atoms with E-state index in [0.717, 1.165) is 37.0 Å². The van der Waals surface area contributed by atoms with Crippen molar-refractivity contribution in [3.63, 3.8) is 0 Å². The van der Waals surface area contributed by atoms with Crippen LogP contribution in [0.4, 0.5) is 17.2 Å². The molecule has 1 aliphatic heterocycles. The number of aromatic nitrogens is 2. The minimum atomic E-state index is -0.378. The molecule has 4 rings (SSSR count). The van der Waals surface area contributed by atoms with Crippen molar-refractivity contribution >= 4 is 40.8 Å². The summed E-state index contributed by atoms with van der Waals surface area (Å²) >= 11 is 1.36. The number of anilines is 3. The molecule has 0 unspecified atom stereocenters. The summed E-state index contributed by atoms with van der Waals surface area (Å²) in [7, 11) is 0. The van der Waals surface area contributed by atoms with E-state index in [1.807, 2.05) is 12.1 Å². The van der Waals surface area contributed by atoms with Gasteiger partial charge in [0, 0.05) is 43.6 Å². The van der Waals surface area contributed by atoms with E-state index in [1.54, 1.807) is 37.5 Å². The quantitative estimate of drug-likeness (QED) is 0.298. The van der Waals surface area contributed by atoms with Crippen molar-refractivity contribution in [2.75, 3.05) is 53.7 Å². The standard InChI is InChI=1S/C25H27N5O3S/c1-2-33-25(32)19-8-10-20(11-9-19)28-23(31)17-34-24-16-22(26-18-27-24)30-14-12-29(13-15-30)21-6-4-3-5-7-21/h3-11,16,18H,2,12-15,17H2,1H3,(H,28,31). The molecule has 8 nitrogen and oxygen atoms in total. The summed E-state index contributed by atoms with van der Waals surface area (Å²) in [5, 5.41) is 3.59. The zero-order valence-electron chi connectivity index (χ0n) is 19.0. The Labute approximate surface area is 203 Å². The van der Waals surface area contributed by atoms with E-state index in [-0.39, 0.29) is 17.6 Å². The molecule has 0 bridgehead atoms. The maximum absolute atomic E-state index is 12.4. The zero-order valence-corrected chi connectivity index (χ0v) is 19.8. The summed E-state index contributed by atoms with van der Waals surface area (Å²) in [5.41, 5.74) is 2.31. The Morgan fingerprint density at radius 3 is 2.38 bits per heavy atom. The molecule has 1 N–H and O–H groups in total. The van der Waals surface area contributed by atoms with Crippen molar-refractivity contribution in [1.29, 1.82) is 0 Å². The first kappa shape index (κ1) is 23.6. The minimum absolute atomic E-state index is 0.148. The Morgan fingerprint density at radius 2 is 1.68 bits per heavy atom. The first-order chi connectivity index (χ1) is 16.6. The van der Waals surface area contributed by atoms with E-state index in [1.165, 1.54) is 17.4 Å². The van der Waals surface area contributed by atoms with E-state index in [0.29, 0.717) is 17.9 Å². The fraction of sp³-hybridized carbons (Fsp3) is 0.280. The molecular formula is C25H27N5O3S. The molecule has 0 atom stereocenters. The smallest absolute Gasteiger partial charge is 0.338 e. The molecule has 176 valence electrons. The molecule has 1 aliphatic rings. The average Bonchev–Trinajstić information content (AvgIpc) is 2.89. The van der Waals surface area contributed by atoms with Gasteiger partial charge in [0.15, 0.2) is 0 Å². The number of hydrogen-bond acceptors (Lipinski definition) is 8. The Hall–Kier alpha value is -3.59. The number of piperazine rings is 1. The van der Waals surface area contributed by atoms with Crippen molar-refractivity contribution in [2.24, 2.45) is 0 Å². The van der Waals surface area contributed by atoms with Crippen molar-refractivity contribution in [3.05, 3.63) is 72.6 Å². The lowest BCUT2D eigenvalue weighted by Gasteiger charge is -2.36. The highest BCUT2D eigenvalue weighted by Crippen LogP contribution is 2.23. The number of nitrogens with zero attached hydrogens (tertiary/aromatic N) is 4. The zero-order chi connectivity index (χ0) is 23.8. The van der Waals surface area contributed by atoms with Crippen LogP contribution >= 0.6 is 11.8 Å². The number of ether oxygens (including phenoxy) is 1. The van der Waals surface area contributed by atoms with Gasteiger partial charge in [-0.25, -0.2) is 14.8 Å². The van der Waals surface area contributed by atoms with Crippen molar-refractivity contribution in [3.8, 4) is 0 Å². The van der Waals surface area contributed by atoms with Crippen molar-refractivity contribution in [1.82, 2.24) is 9.97 Å². The van der Waals surface area contributed by atoms with Gasteiger partial charge in [0.2, 0.25) is 5.91 Å². The number of thioether (sulfide) groups is 1. The van der Waals surface area contributed by atoms with Crippen LogP contribution in [0.25, 0.3) is 0 Å². The Kier molecular flexibility index (Phi) is 7.98. The van der Waals surface area contributed by atoms with Crippen LogP contribution in [-0.2, 0) is 9.53 Å². The Balaban J connectivity index is 1.27. The summed E-state index contributed by atoms with van der Waals surface area (Å²) in [6, 6.07) is 19.0. The number of carbonyl (C=O) groups is 2. The molecule has 1 fully saturated rings. The van der Waals surface area contributed by atoms with Crippen molar-refractivity contribution in [2.45, 2.75) is 11.9 Å². The highest BCUT2D eigenvalue weighted by atomic mass is 32.2. The van der Waals surface area contributed by atoms with Crippen LogP contribution in [0, 0.1) is 0 Å². The summed E-state index contributed by atoms with van der Waals surface area (Å²) in [6.45, 7) is 5.68. The fourth-order valence-electron chi connectivity index (χ4n) is 3.65. The normalized spacial score (nSPS) is 13.4. The lowest BCUT2D eigenvalue weighted by atomic mass is 10.2. The predicted octanol–water partition coefficient (Wildman–Crippen LogP) is 3.71. The lowest BCUT2D eigenvalue weighted by molar-refractivity contribution is -0.113. The number of nitrogens with one attached hydrogen (secondary N) is 1. The predicted molar refractivity (Wildman–Crippen MR) is 135 cm³/mol. The molecule has 2 aromatic carbocycles. The Bertz CT molecular complexity index is 1100. The molecule has 1 aromatic heterocycles. The first-order valence-electron chi connectivity index (χ1n) is 11.2. The van der Waals surface area contributed by atoms with Crippen LogP contribution in [0.1, 0.15) is 17.3 Å². The average molecular weight is 478 g/mol. The van der Waals surface area contributed by atoms with Crippen LogP contribution in [0.5, 0.6) is 0 Å². The molecule has 2 heterocycles. The molecule has 0 saturated carbocycles. The van der Waals surface area contributed by atoms with Gasteiger partial charge in [0.25, 0.3) is 0 Å². The second kappa shape index (κ2) is 11.5. The van der Waals surface area contributed by atoms with Crippen LogP contribution in [0.2, 0.25) is 0 Å². The number of esters is 1. The van der Waals surface area contributed by atoms with Crippen LogP contribution in [0.15, 0.2) is 72.0 Å². The van der Waals surface area contributed by atoms with Gasteiger partial charge in [0.1, 0.15) is 17.2 Å². The van der Waals surface area contributed by atoms with E-state index >= 15 is 0 Å². The van der Waals surface area contributed by atoms with Crippen LogP contribution in [0.3, 0.4) is 0 Å². The number of rotatable bonds is 8. The minimum Gasteiger partial charge on any atom is -0.462 e. The summed E-state index contributed by atoms with van der Waals surface area (Å²) < 4.78 is 4.97.